The van der Waals surface area contributed by atoms with Crippen molar-refractivity contribution >= 4 is 17.6 Å². The number of esters is 1. The minimum atomic E-state index is -0.424. The number of allylic oxidation sites excluding steroid dienone is 1. The first-order valence-corrected chi connectivity index (χ1v) is 5.38. The number of hydrogen-bond acceptors (Lipinski definition) is 2. The molecule has 0 aliphatic carbocycles. The molecule has 0 aliphatic rings. The van der Waals surface area contributed by atoms with Crippen LogP contribution in [0.1, 0.15) is 40.5 Å². The number of alkyl halides is 1. The topological polar surface area (TPSA) is 26.3 Å². The second-order valence-corrected chi connectivity index (χ2v) is 4.49. The van der Waals surface area contributed by atoms with Gasteiger partial charge in [-0.25, -0.2) is 4.79 Å². The SMILES string of the molecule is CC=C(CCCCl)C(=O)OC(C)(C)C. The van der Waals surface area contributed by atoms with Crippen molar-refractivity contribution < 1.29 is 9.53 Å². The Morgan fingerprint density at radius 2 is 2.00 bits per heavy atom. The molecule has 3 heteroatoms. The van der Waals surface area contributed by atoms with E-state index in [1.54, 1.807) is 6.08 Å². The summed E-state index contributed by atoms with van der Waals surface area (Å²) in [6, 6.07) is 0. The molecule has 0 aromatic heterocycles. The van der Waals surface area contributed by atoms with Crippen LogP contribution in [0.3, 0.4) is 0 Å². The number of carbonyl (C=O) groups excluding carboxylic acids is 1. The Hall–Kier alpha value is -0.500. The fourth-order valence-electron chi connectivity index (χ4n) is 0.965. The Balaban J connectivity index is 4.20. The Morgan fingerprint density at radius 3 is 2.36 bits per heavy atom. The highest BCUT2D eigenvalue weighted by atomic mass is 35.5. The molecule has 0 aromatic rings. The Labute approximate surface area is 91.3 Å². The van der Waals surface area contributed by atoms with E-state index in [9.17, 15) is 4.79 Å². The predicted octanol–water partition coefficient (Wildman–Crippen LogP) is 3.29. The van der Waals surface area contributed by atoms with Crippen molar-refractivity contribution in [3.63, 3.8) is 0 Å². The molecule has 0 unspecified atom stereocenters. The van der Waals surface area contributed by atoms with E-state index in [0.29, 0.717) is 17.9 Å². The van der Waals surface area contributed by atoms with Crippen molar-refractivity contribution in [2.75, 3.05) is 5.88 Å². The average molecular weight is 219 g/mol. The first-order valence-electron chi connectivity index (χ1n) is 4.85. The molecular weight excluding hydrogens is 200 g/mol. The van der Waals surface area contributed by atoms with Crippen LogP contribution in [-0.2, 0) is 9.53 Å². The molecule has 0 aromatic carbocycles. The van der Waals surface area contributed by atoms with Crippen LogP contribution in [0.5, 0.6) is 0 Å². The van der Waals surface area contributed by atoms with Gasteiger partial charge in [0.2, 0.25) is 0 Å². The molecule has 2 nitrogen and oxygen atoms in total. The molecule has 0 radical (unpaired) electrons. The third-order valence-electron chi connectivity index (χ3n) is 1.59. The van der Waals surface area contributed by atoms with Gasteiger partial charge >= 0.3 is 5.97 Å². The van der Waals surface area contributed by atoms with Crippen LogP contribution in [0.2, 0.25) is 0 Å². The number of hydrogen-bond donors (Lipinski definition) is 0. The standard InChI is InChI=1S/C11H19ClO2/c1-5-9(7-6-8-12)10(13)14-11(2,3)4/h5H,6-8H2,1-4H3. The summed E-state index contributed by atoms with van der Waals surface area (Å²) in [7, 11) is 0. The normalized spacial score (nSPS) is 12.8. The van der Waals surface area contributed by atoms with Gasteiger partial charge in [-0.15, -0.1) is 11.6 Å². The molecule has 0 N–H and O–H groups in total. The number of rotatable bonds is 4. The molecular formula is C11H19ClO2. The maximum absolute atomic E-state index is 11.6. The van der Waals surface area contributed by atoms with Gasteiger partial charge in [-0.05, 0) is 40.5 Å². The van der Waals surface area contributed by atoms with E-state index >= 15 is 0 Å². The van der Waals surface area contributed by atoms with Crippen LogP contribution in [-0.4, -0.2) is 17.5 Å². The molecule has 14 heavy (non-hydrogen) atoms. The largest absolute Gasteiger partial charge is 0.457 e. The van der Waals surface area contributed by atoms with Crippen LogP contribution >= 0.6 is 11.6 Å². The summed E-state index contributed by atoms with van der Waals surface area (Å²) in [5, 5.41) is 0. The molecule has 0 atom stereocenters. The van der Waals surface area contributed by atoms with Crippen molar-refractivity contribution in [3.8, 4) is 0 Å². The summed E-state index contributed by atoms with van der Waals surface area (Å²) < 4.78 is 5.24. The molecule has 0 aliphatic heterocycles. The Morgan fingerprint density at radius 1 is 1.43 bits per heavy atom. The zero-order valence-corrected chi connectivity index (χ0v) is 10.1. The number of ether oxygens (including phenoxy) is 1. The zero-order valence-electron chi connectivity index (χ0n) is 9.39. The summed E-state index contributed by atoms with van der Waals surface area (Å²) in [5.74, 6) is 0.338. The van der Waals surface area contributed by atoms with E-state index in [0.717, 1.165) is 6.42 Å². The van der Waals surface area contributed by atoms with Gasteiger partial charge in [0.05, 0.1) is 0 Å². The second kappa shape index (κ2) is 6.07. The van der Waals surface area contributed by atoms with E-state index in [-0.39, 0.29) is 5.97 Å². The van der Waals surface area contributed by atoms with Crippen LogP contribution < -0.4 is 0 Å². The van der Waals surface area contributed by atoms with Gasteiger partial charge in [0, 0.05) is 11.5 Å². The smallest absolute Gasteiger partial charge is 0.334 e. The predicted molar refractivity (Wildman–Crippen MR) is 59.6 cm³/mol. The van der Waals surface area contributed by atoms with Crippen molar-refractivity contribution in [2.45, 2.75) is 46.1 Å². The minimum Gasteiger partial charge on any atom is -0.457 e. The first-order chi connectivity index (χ1) is 6.40. The molecule has 0 saturated heterocycles. The van der Waals surface area contributed by atoms with E-state index in [2.05, 4.69) is 0 Å². The van der Waals surface area contributed by atoms with Crippen LogP contribution in [0, 0.1) is 0 Å². The quantitative estimate of drug-likeness (QED) is 0.411. The maximum atomic E-state index is 11.6. The fraction of sp³-hybridized carbons (Fsp3) is 0.727. The summed E-state index contributed by atoms with van der Waals surface area (Å²) in [5.41, 5.74) is 0.285. The summed E-state index contributed by atoms with van der Waals surface area (Å²) in [6.45, 7) is 7.42. The number of carbonyl (C=O) groups is 1. The summed E-state index contributed by atoms with van der Waals surface area (Å²) >= 11 is 5.56. The minimum absolute atomic E-state index is 0.231. The van der Waals surface area contributed by atoms with Gasteiger partial charge in [-0.3, -0.25) is 0 Å². The van der Waals surface area contributed by atoms with Gasteiger partial charge in [-0.1, -0.05) is 6.08 Å². The molecule has 82 valence electrons. The van der Waals surface area contributed by atoms with Crippen LogP contribution in [0.4, 0.5) is 0 Å². The second-order valence-electron chi connectivity index (χ2n) is 4.11. The highest BCUT2D eigenvalue weighted by Gasteiger charge is 2.18. The van der Waals surface area contributed by atoms with E-state index in [4.69, 9.17) is 16.3 Å². The first kappa shape index (κ1) is 13.5. The molecule has 0 heterocycles. The van der Waals surface area contributed by atoms with Gasteiger partial charge in [0.25, 0.3) is 0 Å². The van der Waals surface area contributed by atoms with Crippen LogP contribution in [0.15, 0.2) is 11.6 Å². The highest BCUT2D eigenvalue weighted by Crippen LogP contribution is 2.14. The molecule has 0 amide bonds. The lowest BCUT2D eigenvalue weighted by molar-refractivity contribution is -0.150. The third-order valence-corrected chi connectivity index (χ3v) is 1.86. The fourth-order valence-corrected chi connectivity index (χ4v) is 1.10. The molecule has 0 bridgehead atoms. The zero-order chi connectivity index (χ0) is 11.2. The van der Waals surface area contributed by atoms with Crippen molar-refractivity contribution in [1.82, 2.24) is 0 Å². The Bertz CT molecular complexity index is 214. The van der Waals surface area contributed by atoms with Gasteiger partial charge < -0.3 is 4.74 Å². The van der Waals surface area contributed by atoms with Crippen molar-refractivity contribution in [2.24, 2.45) is 0 Å². The lowest BCUT2D eigenvalue weighted by Crippen LogP contribution is -2.24. The van der Waals surface area contributed by atoms with E-state index < -0.39 is 5.60 Å². The maximum Gasteiger partial charge on any atom is 0.334 e. The Kier molecular flexibility index (Phi) is 5.86. The molecule has 0 saturated carbocycles. The highest BCUT2D eigenvalue weighted by molar-refractivity contribution is 6.17. The lowest BCUT2D eigenvalue weighted by Gasteiger charge is -2.20. The molecule has 0 rings (SSSR count). The van der Waals surface area contributed by atoms with Gasteiger partial charge in [0.15, 0.2) is 0 Å². The number of halogens is 1. The monoisotopic (exact) mass is 218 g/mol. The summed E-state index contributed by atoms with van der Waals surface area (Å²) in [4.78, 5) is 11.6. The third kappa shape index (κ3) is 6.03. The van der Waals surface area contributed by atoms with Crippen molar-refractivity contribution in [1.29, 1.82) is 0 Å². The van der Waals surface area contributed by atoms with E-state index in [1.165, 1.54) is 0 Å². The molecule has 0 fully saturated rings. The lowest BCUT2D eigenvalue weighted by atomic mass is 10.1. The van der Waals surface area contributed by atoms with Crippen LogP contribution in [0.25, 0.3) is 0 Å². The molecule has 0 spiro atoms. The van der Waals surface area contributed by atoms with E-state index in [1.807, 2.05) is 27.7 Å². The van der Waals surface area contributed by atoms with Gasteiger partial charge in [0.1, 0.15) is 5.60 Å². The van der Waals surface area contributed by atoms with Gasteiger partial charge in [-0.2, -0.15) is 0 Å². The summed E-state index contributed by atoms with van der Waals surface area (Å²) in [6.07, 6.45) is 3.29. The average Bonchev–Trinajstić information content (AvgIpc) is 2.02. The van der Waals surface area contributed by atoms with Crippen molar-refractivity contribution in [3.05, 3.63) is 11.6 Å².